The molecule has 5 nitrogen and oxygen atoms in total. The van der Waals surface area contributed by atoms with Crippen LogP contribution in [0.1, 0.15) is 74.6 Å². The Morgan fingerprint density at radius 1 is 1.06 bits per heavy atom. The third-order valence-corrected chi connectivity index (χ3v) is 6.61. The van der Waals surface area contributed by atoms with Gasteiger partial charge in [0.05, 0.1) is 6.61 Å². The predicted octanol–water partition coefficient (Wildman–Crippen LogP) is 5.93. The Hall–Kier alpha value is -2.53. The van der Waals surface area contributed by atoms with Crippen LogP contribution in [0.25, 0.3) is 0 Å². The van der Waals surface area contributed by atoms with Gasteiger partial charge in [0, 0.05) is 12.6 Å². The SMILES string of the molecule is CCCCOc1ccc([C@H](C(=O)NC2CCCCC2)N(Cc2ccc(C)cc2)C(=O)CCl)cc1. The zero-order valence-corrected chi connectivity index (χ0v) is 21.2. The second-order valence-corrected chi connectivity index (χ2v) is 9.43. The molecule has 2 amide bonds. The number of ether oxygens (including phenoxy) is 1. The molecule has 1 saturated carbocycles. The molecule has 1 aliphatic carbocycles. The second kappa shape index (κ2) is 13.4. The highest BCUT2D eigenvalue weighted by atomic mass is 35.5. The van der Waals surface area contributed by atoms with Crippen molar-refractivity contribution < 1.29 is 14.3 Å². The summed E-state index contributed by atoms with van der Waals surface area (Å²) in [6.45, 7) is 5.11. The number of benzene rings is 2. The molecule has 2 aromatic carbocycles. The minimum Gasteiger partial charge on any atom is -0.494 e. The van der Waals surface area contributed by atoms with Gasteiger partial charge in [-0.25, -0.2) is 0 Å². The Kier molecular flexibility index (Phi) is 10.3. The van der Waals surface area contributed by atoms with Crippen molar-refractivity contribution in [2.75, 3.05) is 12.5 Å². The quantitative estimate of drug-likeness (QED) is 0.317. The standard InChI is InChI=1S/C28H37ClN2O3/c1-3-4-18-34-25-16-14-23(15-17-25)27(28(33)30-24-8-6-5-7-9-24)31(26(32)19-29)20-22-12-10-21(2)11-13-22/h10-17,24,27H,3-9,18-20H2,1-2H3,(H,30,33)/t27-/m1/s1. The normalized spacial score (nSPS) is 14.9. The van der Waals surface area contributed by atoms with Crippen molar-refractivity contribution in [2.24, 2.45) is 0 Å². The van der Waals surface area contributed by atoms with Gasteiger partial charge in [-0.3, -0.25) is 9.59 Å². The van der Waals surface area contributed by atoms with Gasteiger partial charge in [-0.2, -0.15) is 0 Å². The maximum atomic E-state index is 13.6. The number of carbonyl (C=O) groups is 2. The third-order valence-electron chi connectivity index (χ3n) is 6.38. The number of amides is 2. The van der Waals surface area contributed by atoms with Crippen molar-refractivity contribution in [3.63, 3.8) is 0 Å². The first-order valence-corrected chi connectivity index (χ1v) is 13.0. The molecule has 0 radical (unpaired) electrons. The fourth-order valence-corrected chi connectivity index (χ4v) is 4.52. The number of nitrogens with zero attached hydrogens (tertiary/aromatic N) is 1. The molecule has 1 N–H and O–H groups in total. The summed E-state index contributed by atoms with van der Waals surface area (Å²) in [5.74, 6) is 0.154. The molecule has 0 saturated heterocycles. The Bertz CT molecular complexity index is 908. The molecule has 184 valence electrons. The van der Waals surface area contributed by atoms with Crippen LogP contribution in [0.3, 0.4) is 0 Å². The molecular formula is C28H37ClN2O3. The van der Waals surface area contributed by atoms with Crippen molar-refractivity contribution in [2.45, 2.75) is 77.4 Å². The summed E-state index contributed by atoms with van der Waals surface area (Å²) in [5, 5.41) is 3.22. The number of unbranched alkanes of at least 4 members (excludes halogenated alkanes) is 1. The first-order valence-electron chi connectivity index (χ1n) is 12.5. The highest BCUT2D eigenvalue weighted by molar-refractivity contribution is 6.27. The molecule has 0 spiro atoms. The zero-order chi connectivity index (χ0) is 24.3. The Morgan fingerprint density at radius 2 is 1.74 bits per heavy atom. The maximum Gasteiger partial charge on any atom is 0.247 e. The van der Waals surface area contributed by atoms with Crippen LogP contribution in [0.2, 0.25) is 0 Å². The number of nitrogens with one attached hydrogen (secondary N) is 1. The number of hydrogen-bond donors (Lipinski definition) is 1. The van der Waals surface area contributed by atoms with E-state index in [4.69, 9.17) is 16.3 Å². The topological polar surface area (TPSA) is 58.6 Å². The van der Waals surface area contributed by atoms with E-state index >= 15 is 0 Å². The smallest absolute Gasteiger partial charge is 0.247 e. The summed E-state index contributed by atoms with van der Waals surface area (Å²) in [5.41, 5.74) is 2.85. The summed E-state index contributed by atoms with van der Waals surface area (Å²) in [4.78, 5) is 28.3. The van der Waals surface area contributed by atoms with E-state index < -0.39 is 6.04 Å². The van der Waals surface area contributed by atoms with Crippen LogP contribution in [0.4, 0.5) is 0 Å². The molecule has 2 aromatic rings. The average Bonchev–Trinajstić information content (AvgIpc) is 2.86. The molecule has 34 heavy (non-hydrogen) atoms. The van der Waals surface area contributed by atoms with E-state index in [-0.39, 0.29) is 23.7 Å². The molecule has 6 heteroatoms. The monoisotopic (exact) mass is 484 g/mol. The lowest BCUT2D eigenvalue weighted by molar-refractivity contribution is -0.140. The van der Waals surface area contributed by atoms with Crippen molar-refractivity contribution in [1.29, 1.82) is 0 Å². The van der Waals surface area contributed by atoms with E-state index in [1.54, 1.807) is 4.90 Å². The number of rotatable bonds is 11. The van der Waals surface area contributed by atoms with Gasteiger partial charge < -0.3 is 15.0 Å². The summed E-state index contributed by atoms with van der Waals surface area (Å²) in [6, 6.07) is 14.9. The molecule has 1 aliphatic rings. The Balaban J connectivity index is 1.89. The van der Waals surface area contributed by atoms with E-state index in [0.29, 0.717) is 13.2 Å². The fraction of sp³-hybridized carbons (Fsp3) is 0.500. The van der Waals surface area contributed by atoms with Crippen LogP contribution >= 0.6 is 11.6 Å². The van der Waals surface area contributed by atoms with Gasteiger partial charge in [0.1, 0.15) is 17.7 Å². The second-order valence-electron chi connectivity index (χ2n) is 9.16. The van der Waals surface area contributed by atoms with E-state index in [9.17, 15) is 9.59 Å². The van der Waals surface area contributed by atoms with Gasteiger partial charge in [-0.15, -0.1) is 11.6 Å². The highest BCUT2D eigenvalue weighted by Gasteiger charge is 2.32. The van der Waals surface area contributed by atoms with Gasteiger partial charge in [0.2, 0.25) is 11.8 Å². The molecular weight excluding hydrogens is 448 g/mol. The molecule has 0 bridgehead atoms. The van der Waals surface area contributed by atoms with Crippen LogP contribution in [-0.4, -0.2) is 35.2 Å². The number of alkyl halides is 1. The Labute approximate surface area is 208 Å². The van der Waals surface area contributed by atoms with E-state index in [0.717, 1.165) is 61.0 Å². The van der Waals surface area contributed by atoms with Crippen molar-refractivity contribution in [3.8, 4) is 5.75 Å². The lowest BCUT2D eigenvalue weighted by Gasteiger charge is -2.33. The molecule has 0 aliphatic heterocycles. The van der Waals surface area contributed by atoms with Crippen LogP contribution in [0.15, 0.2) is 48.5 Å². The third kappa shape index (κ3) is 7.49. The first kappa shape index (κ1) is 26.1. The first-order chi connectivity index (χ1) is 16.5. The number of hydrogen-bond acceptors (Lipinski definition) is 3. The van der Waals surface area contributed by atoms with Crippen molar-refractivity contribution in [3.05, 3.63) is 65.2 Å². The minimum atomic E-state index is -0.765. The average molecular weight is 485 g/mol. The zero-order valence-electron chi connectivity index (χ0n) is 20.4. The van der Waals surface area contributed by atoms with Crippen molar-refractivity contribution >= 4 is 23.4 Å². The van der Waals surface area contributed by atoms with E-state index in [1.807, 2.05) is 55.5 Å². The molecule has 0 aromatic heterocycles. The summed E-state index contributed by atoms with van der Waals surface area (Å²) in [6.07, 6.45) is 7.45. The minimum absolute atomic E-state index is 0.146. The van der Waals surface area contributed by atoms with Gasteiger partial charge in [-0.05, 0) is 49.4 Å². The summed E-state index contributed by atoms with van der Waals surface area (Å²) in [7, 11) is 0. The van der Waals surface area contributed by atoms with Crippen LogP contribution in [0.5, 0.6) is 5.75 Å². The highest BCUT2D eigenvalue weighted by Crippen LogP contribution is 2.28. The molecule has 1 atom stereocenters. The van der Waals surface area contributed by atoms with Gasteiger partial charge >= 0.3 is 0 Å². The van der Waals surface area contributed by atoms with Gasteiger partial charge in [0.15, 0.2) is 0 Å². The van der Waals surface area contributed by atoms with Crippen molar-refractivity contribution in [1.82, 2.24) is 10.2 Å². The lowest BCUT2D eigenvalue weighted by Crippen LogP contribution is -2.47. The molecule has 3 rings (SSSR count). The van der Waals surface area contributed by atoms with E-state index in [2.05, 4.69) is 12.2 Å². The Morgan fingerprint density at radius 3 is 2.35 bits per heavy atom. The van der Waals surface area contributed by atoms with Crippen LogP contribution < -0.4 is 10.1 Å². The largest absolute Gasteiger partial charge is 0.494 e. The van der Waals surface area contributed by atoms with Gasteiger partial charge in [-0.1, -0.05) is 74.6 Å². The maximum absolute atomic E-state index is 13.6. The van der Waals surface area contributed by atoms with Crippen LogP contribution in [0, 0.1) is 6.92 Å². The summed E-state index contributed by atoms with van der Waals surface area (Å²) < 4.78 is 5.80. The van der Waals surface area contributed by atoms with Gasteiger partial charge in [0.25, 0.3) is 0 Å². The summed E-state index contributed by atoms with van der Waals surface area (Å²) >= 11 is 6.02. The fourth-order valence-electron chi connectivity index (χ4n) is 4.37. The number of carbonyl (C=O) groups excluding carboxylic acids is 2. The predicted molar refractivity (Wildman–Crippen MR) is 137 cm³/mol. The molecule has 0 unspecified atom stereocenters. The molecule has 1 fully saturated rings. The number of halogens is 1. The van der Waals surface area contributed by atoms with Crippen LogP contribution in [-0.2, 0) is 16.1 Å². The van der Waals surface area contributed by atoms with E-state index in [1.165, 1.54) is 6.42 Å². The molecule has 0 heterocycles. The number of aryl methyl sites for hydroxylation is 1. The lowest BCUT2D eigenvalue weighted by atomic mass is 9.94.